The van der Waals surface area contributed by atoms with E-state index in [4.69, 9.17) is 0 Å². The van der Waals surface area contributed by atoms with Gasteiger partial charge in [-0.05, 0) is 35.0 Å². The maximum Gasteiger partial charge on any atom is 0.112 e. The molecule has 0 saturated carbocycles. The molecule has 19 heavy (non-hydrogen) atoms. The van der Waals surface area contributed by atoms with Gasteiger partial charge in [-0.2, -0.15) is 0 Å². The minimum atomic E-state index is -0.699. The van der Waals surface area contributed by atoms with E-state index in [0.29, 0.717) is 6.42 Å². The standard InChI is InChI=1S/C16H28O3/c1-14(2,3)12-9-11(18)10-16(7-8-17,13(12)19)15(4,5)6/h9-10,13,17-19H,7-8H2,1-6H3. The molecule has 0 aromatic rings. The van der Waals surface area contributed by atoms with Crippen LogP contribution in [0.15, 0.2) is 23.5 Å². The number of hydrogen-bond acceptors (Lipinski definition) is 3. The Morgan fingerprint density at radius 2 is 1.68 bits per heavy atom. The molecular weight excluding hydrogens is 240 g/mol. The molecule has 0 aromatic carbocycles. The van der Waals surface area contributed by atoms with Crippen molar-refractivity contribution in [1.82, 2.24) is 0 Å². The highest BCUT2D eigenvalue weighted by atomic mass is 16.3. The van der Waals surface area contributed by atoms with Gasteiger partial charge in [0.2, 0.25) is 0 Å². The molecule has 110 valence electrons. The van der Waals surface area contributed by atoms with E-state index in [0.717, 1.165) is 5.57 Å². The van der Waals surface area contributed by atoms with E-state index in [9.17, 15) is 15.3 Å². The van der Waals surface area contributed by atoms with E-state index < -0.39 is 11.5 Å². The molecule has 3 N–H and O–H groups in total. The van der Waals surface area contributed by atoms with Crippen LogP contribution in [0.4, 0.5) is 0 Å². The van der Waals surface area contributed by atoms with Gasteiger partial charge < -0.3 is 15.3 Å². The van der Waals surface area contributed by atoms with E-state index in [1.54, 1.807) is 12.2 Å². The summed E-state index contributed by atoms with van der Waals surface area (Å²) in [5, 5.41) is 30.3. The van der Waals surface area contributed by atoms with Gasteiger partial charge in [0.15, 0.2) is 0 Å². The fraction of sp³-hybridized carbons (Fsp3) is 0.750. The van der Waals surface area contributed by atoms with E-state index in [1.807, 2.05) is 41.5 Å². The van der Waals surface area contributed by atoms with Crippen molar-refractivity contribution >= 4 is 0 Å². The lowest BCUT2D eigenvalue weighted by atomic mass is 9.56. The number of hydrogen-bond donors (Lipinski definition) is 3. The van der Waals surface area contributed by atoms with Crippen LogP contribution in [0.3, 0.4) is 0 Å². The lowest BCUT2D eigenvalue weighted by Gasteiger charge is -2.50. The van der Waals surface area contributed by atoms with E-state index in [2.05, 4.69) is 0 Å². The largest absolute Gasteiger partial charge is 0.508 e. The molecule has 3 heteroatoms. The Labute approximate surface area is 116 Å². The molecule has 0 heterocycles. The van der Waals surface area contributed by atoms with Crippen LogP contribution in [0.5, 0.6) is 0 Å². The number of aliphatic hydroxyl groups excluding tert-OH is 3. The van der Waals surface area contributed by atoms with Crippen molar-refractivity contribution in [2.75, 3.05) is 6.61 Å². The minimum Gasteiger partial charge on any atom is -0.508 e. The molecule has 0 aliphatic heterocycles. The van der Waals surface area contributed by atoms with Crippen LogP contribution >= 0.6 is 0 Å². The summed E-state index contributed by atoms with van der Waals surface area (Å²) < 4.78 is 0. The van der Waals surface area contributed by atoms with Gasteiger partial charge in [-0.25, -0.2) is 0 Å². The second-order valence-electron chi connectivity index (χ2n) is 7.59. The fourth-order valence-corrected chi connectivity index (χ4v) is 2.92. The van der Waals surface area contributed by atoms with Crippen LogP contribution in [-0.4, -0.2) is 28.0 Å². The molecule has 0 amide bonds. The summed E-state index contributed by atoms with van der Waals surface area (Å²) in [5.41, 5.74) is -0.332. The third-order valence-electron chi connectivity index (χ3n) is 4.28. The average molecular weight is 268 g/mol. The molecule has 2 atom stereocenters. The number of rotatable bonds is 2. The molecule has 3 nitrogen and oxygen atoms in total. The summed E-state index contributed by atoms with van der Waals surface area (Å²) in [6.07, 6.45) is 3.10. The monoisotopic (exact) mass is 268 g/mol. The van der Waals surface area contributed by atoms with E-state index >= 15 is 0 Å². The third-order valence-corrected chi connectivity index (χ3v) is 4.28. The maximum absolute atomic E-state index is 10.9. The average Bonchev–Trinajstić information content (AvgIpc) is 2.19. The molecule has 2 unspecified atom stereocenters. The third kappa shape index (κ3) is 2.87. The molecule has 1 aliphatic carbocycles. The van der Waals surface area contributed by atoms with Gasteiger partial charge in [0, 0.05) is 12.0 Å². The summed E-state index contributed by atoms with van der Waals surface area (Å²) in [4.78, 5) is 0. The first-order valence-corrected chi connectivity index (χ1v) is 6.88. The van der Waals surface area contributed by atoms with E-state index in [1.165, 1.54) is 0 Å². The lowest BCUT2D eigenvalue weighted by Crippen LogP contribution is -2.49. The van der Waals surface area contributed by atoms with Gasteiger partial charge >= 0.3 is 0 Å². The zero-order valence-corrected chi connectivity index (χ0v) is 13.0. The van der Waals surface area contributed by atoms with Crippen molar-refractivity contribution in [3.8, 4) is 0 Å². The van der Waals surface area contributed by atoms with Crippen molar-refractivity contribution in [3.05, 3.63) is 23.5 Å². The van der Waals surface area contributed by atoms with Crippen LogP contribution in [0.2, 0.25) is 0 Å². The topological polar surface area (TPSA) is 60.7 Å². The summed E-state index contributed by atoms with van der Waals surface area (Å²) in [6.45, 7) is 12.1. The fourth-order valence-electron chi connectivity index (χ4n) is 2.92. The second kappa shape index (κ2) is 4.95. The summed E-state index contributed by atoms with van der Waals surface area (Å²) >= 11 is 0. The van der Waals surface area contributed by atoms with Crippen LogP contribution in [-0.2, 0) is 0 Å². The van der Waals surface area contributed by atoms with Crippen molar-refractivity contribution in [1.29, 1.82) is 0 Å². The Morgan fingerprint density at radius 1 is 1.16 bits per heavy atom. The second-order valence-corrected chi connectivity index (χ2v) is 7.59. The lowest BCUT2D eigenvalue weighted by molar-refractivity contribution is -0.0260. The molecule has 0 aromatic heterocycles. The zero-order chi connectivity index (χ0) is 15.1. The molecular formula is C16H28O3. The van der Waals surface area contributed by atoms with Gasteiger partial charge in [-0.15, -0.1) is 0 Å². The normalized spacial score (nSPS) is 28.9. The van der Waals surface area contributed by atoms with Crippen LogP contribution in [0.25, 0.3) is 0 Å². The van der Waals surface area contributed by atoms with Gasteiger partial charge in [-0.1, -0.05) is 41.5 Å². The quantitative estimate of drug-likeness (QED) is 0.721. The van der Waals surface area contributed by atoms with Crippen LogP contribution in [0, 0.1) is 16.2 Å². The predicted octanol–water partition coefficient (Wildman–Crippen LogP) is 3.19. The van der Waals surface area contributed by atoms with Crippen molar-refractivity contribution < 1.29 is 15.3 Å². The van der Waals surface area contributed by atoms with Crippen LogP contribution in [0.1, 0.15) is 48.0 Å². The zero-order valence-electron chi connectivity index (χ0n) is 13.0. The van der Waals surface area contributed by atoms with Gasteiger partial charge in [0.25, 0.3) is 0 Å². The first-order valence-electron chi connectivity index (χ1n) is 6.88. The predicted molar refractivity (Wildman–Crippen MR) is 77.8 cm³/mol. The van der Waals surface area contributed by atoms with Gasteiger partial charge in [0.1, 0.15) is 5.76 Å². The molecule has 1 aliphatic rings. The van der Waals surface area contributed by atoms with Gasteiger partial charge in [-0.3, -0.25) is 0 Å². The molecule has 0 fully saturated rings. The maximum atomic E-state index is 10.9. The smallest absolute Gasteiger partial charge is 0.112 e. The SMILES string of the molecule is CC(C)(C)C1=CC(O)=CC(CCO)(C(C)(C)C)C1O. The van der Waals surface area contributed by atoms with Crippen LogP contribution < -0.4 is 0 Å². The summed E-state index contributed by atoms with van der Waals surface area (Å²) in [7, 11) is 0. The molecule has 0 spiro atoms. The highest BCUT2D eigenvalue weighted by Crippen LogP contribution is 2.52. The van der Waals surface area contributed by atoms with Crippen molar-refractivity contribution in [2.24, 2.45) is 16.2 Å². The first kappa shape index (κ1) is 16.3. The van der Waals surface area contributed by atoms with Crippen molar-refractivity contribution in [3.63, 3.8) is 0 Å². The summed E-state index contributed by atoms with van der Waals surface area (Å²) in [5.74, 6) is 0.179. The highest BCUT2D eigenvalue weighted by molar-refractivity contribution is 5.36. The Balaban J connectivity index is 3.41. The summed E-state index contributed by atoms with van der Waals surface area (Å²) in [6, 6.07) is 0. The molecule has 1 rings (SSSR count). The number of allylic oxidation sites excluding steroid dienone is 1. The Kier molecular flexibility index (Phi) is 4.23. The van der Waals surface area contributed by atoms with Gasteiger partial charge in [0.05, 0.1) is 6.10 Å². The Morgan fingerprint density at radius 3 is 2.05 bits per heavy atom. The molecule has 0 radical (unpaired) electrons. The molecule has 0 bridgehead atoms. The highest BCUT2D eigenvalue weighted by Gasteiger charge is 2.50. The molecule has 0 saturated heterocycles. The van der Waals surface area contributed by atoms with E-state index in [-0.39, 0.29) is 23.2 Å². The first-order chi connectivity index (χ1) is 8.45. The minimum absolute atomic E-state index is 0.0183. The number of aliphatic hydroxyl groups is 3. The Bertz CT molecular complexity index is 393. The van der Waals surface area contributed by atoms with Crippen molar-refractivity contribution in [2.45, 2.75) is 54.1 Å². The Hall–Kier alpha value is -0.800.